The van der Waals surface area contributed by atoms with Crippen molar-refractivity contribution in [1.82, 2.24) is 14.1 Å². The highest BCUT2D eigenvalue weighted by atomic mass is 35.5. The summed E-state index contributed by atoms with van der Waals surface area (Å²) in [5, 5.41) is 0.677. The van der Waals surface area contributed by atoms with E-state index in [2.05, 4.69) is 16.8 Å². The number of aromatic amines is 1. The molecule has 0 spiro atoms. The van der Waals surface area contributed by atoms with Crippen LogP contribution >= 0.6 is 11.6 Å². The maximum Gasteiger partial charge on any atom is 0.364 e. The van der Waals surface area contributed by atoms with E-state index in [1.54, 1.807) is 14.0 Å². The molecule has 1 aliphatic heterocycles. The molecule has 4 rings (SSSR count). The number of hydrogen-bond donors (Lipinski definition) is 1. The number of imidazole rings is 1. The molecule has 0 saturated heterocycles. The molecular formula is C18H21ClN5O2+. The molecule has 1 aliphatic rings. The largest absolute Gasteiger partial charge is 0.364 e. The van der Waals surface area contributed by atoms with Crippen molar-refractivity contribution in [3.8, 4) is 0 Å². The Hall–Kier alpha value is -2.54. The van der Waals surface area contributed by atoms with Crippen LogP contribution in [0, 0.1) is 5.92 Å². The summed E-state index contributed by atoms with van der Waals surface area (Å²) < 4.78 is 4.78. The number of fused-ring (bicyclic) bond motifs is 3. The van der Waals surface area contributed by atoms with E-state index >= 15 is 0 Å². The Morgan fingerprint density at radius 1 is 1.27 bits per heavy atom. The summed E-state index contributed by atoms with van der Waals surface area (Å²) >= 11 is 6.02. The number of aryl methyl sites for hydroxylation is 1. The predicted octanol–water partition coefficient (Wildman–Crippen LogP) is 1.78. The molecule has 3 heterocycles. The third-order valence-corrected chi connectivity index (χ3v) is 5.23. The predicted molar refractivity (Wildman–Crippen MR) is 101 cm³/mol. The van der Waals surface area contributed by atoms with Crippen molar-refractivity contribution in [2.75, 3.05) is 11.4 Å². The van der Waals surface area contributed by atoms with Crippen molar-refractivity contribution in [2.45, 2.75) is 26.9 Å². The number of H-pyrrole nitrogens is 1. The summed E-state index contributed by atoms with van der Waals surface area (Å²) in [6.45, 7) is 5.83. The summed E-state index contributed by atoms with van der Waals surface area (Å²) in [4.78, 5) is 30.8. The number of halogens is 1. The molecule has 0 radical (unpaired) electrons. The Labute approximate surface area is 155 Å². The zero-order chi connectivity index (χ0) is 18.6. The zero-order valence-corrected chi connectivity index (χ0v) is 15.7. The summed E-state index contributed by atoms with van der Waals surface area (Å²) in [6, 6.07) is 7.62. The van der Waals surface area contributed by atoms with Gasteiger partial charge in [-0.05, 0) is 31.2 Å². The van der Waals surface area contributed by atoms with Gasteiger partial charge < -0.3 is 0 Å². The molecule has 0 unspecified atom stereocenters. The second-order valence-electron chi connectivity index (χ2n) is 6.84. The van der Waals surface area contributed by atoms with Crippen molar-refractivity contribution in [3.05, 3.63) is 50.1 Å². The molecule has 0 fully saturated rings. The average molecular weight is 375 g/mol. The van der Waals surface area contributed by atoms with Crippen LogP contribution in [0.25, 0.3) is 11.2 Å². The first-order valence-corrected chi connectivity index (χ1v) is 9.08. The molecule has 3 aromatic rings. The highest BCUT2D eigenvalue weighted by Crippen LogP contribution is 2.28. The topological polar surface area (TPSA) is 66.9 Å². The number of rotatable bonds is 2. The Balaban J connectivity index is 2.03. The number of hydrogen-bond acceptors (Lipinski definition) is 3. The summed E-state index contributed by atoms with van der Waals surface area (Å²) in [7, 11) is 1.69. The van der Waals surface area contributed by atoms with Gasteiger partial charge in [-0.1, -0.05) is 18.5 Å². The Morgan fingerprint density at radius 2 is 1.96 bits per heavy atom. The van der Waals surface area contributed by atoms with Crippen LogP contribution in [0.1, 0.15) is 13.8 Å². The number of nitrogens with zero attached hydrogens (tertiary/aromatic N) is 4. The lowest BCUT2D eigenvalue weighted by Crippen LogP contribution is -2.52. The van der Waals surface area contributed by atoms with Gasteiger partial charge in [0.2, 0.25) is 11.2 Å². The van der Waals surface area contributed by atoms with Gasteiger partial charge in [-0.3, -0.25) is 13.9 Å². The fraction of sp³-hybridized carbons (Fsp3) is 0.389. The monoisotopic (exact) mass is 374 g/mol. The molecule has 8 heteroatoms. The third-order valence-electron chi connectivity index (χ3n) is 4.98. The molecule has 0 saturated carbocycles. The first-order valence-electron chi connectivity index (χ1n) is 8.70. The first-order chi connectivity index (χ1) is 12.4. The summed E-state index contributed by atoms with van der Waals surface area (Å²) in [5.41, 5.74) is 1.51. The minimum absolute atomic E-state index is 0.252. The number of aromatic nitrogens is 4. The number of benzene rings is 1. The summed E-state index contributed by atoms with van der Waals surface area (Å²) in [6.07, 6.45) is 0. The zero-order valence-electron chi connectivity index (χ0n) is 15.0. The number of nitrogens with one attached hydrogen (secondary N) is 1. The second-order valence-corrected chi connectivity index (χ2v) is 7.28. The van der Waals surface area contributed by atoms with Crippen molar-refractivity contribution >= 4 is 34.4 Å². The molecule has 1 aromatic carbocycles. The summed E-state index contributed by atoms with van der Waals surface area (Å²) in [5.74, 6) is 1.15. The fourth-order valence-corrected chi connectivity index (χ4v) is 3.83. The highest BCUT2D eigenvalue weighted by Gasteiger charge is 2.35. The van der Waals surface area contributed by atoms with Gasteiger partial charge >= 0.3 is 11.6 Å². The van der Waals surface area contributed by atoms with Crippen LogP contribution in [0.2, 0.25) is 5.02 Å². The van der Waals surface area contributed by atoms with Crippen LogP contribution in [0.3, 0.4) is 0 Å². The van der Waals surface area contributed by atoms with Gasteiger partial charge in [0.25, 0.3) is 5.56 Å². The van der Waals surface area contributed by atoms with E-state index < -0.39 is 0 Å². The molecule has 0 bridgehead atoms. The van der Waals surface area contributed by atoms with Gasteiger partial charge in [0.05, 0.1) is 13.1 Å². The van der Waals surface area contributed by atoms with Gasteiger partial charge in [-0.2, -0.15) is 0 Å². The standard InChI is InChI=1S/C18H20ClN5O2/c1-4-22-16(25)14-15(21(3)18(22)26)20-17-23(9-11(2)10-24(14)17)13-7-5-12(19)6-8-13/h5-8,11H,4,9-10H2,1-3H3/p+1/t11-/m1/s1. The van der Waals surface area contributed by atoms with Gasteiger partial charge in [0, 0.05) is 24.5 Å². The van der Waals surface area contributed by atoms with Crippen molar-refractivity contribution < 1.29 is 4.57 Å². The van der Waals surface area contributed by atoms with E-state index in [1.807, 2.05) is 28.8 Å². The Morgan fingerprint density at radius 3 is 2.62 bits per heavy atom. The Bertz CT molecular complexity index is 1110. The molecular weight excluding hydrogens is 354 g/mol. The molecule has 2 aromatic heterocycles. The van der Waals surface area contributed by atoms with E-state index in [1.165, 1.54) is 9.13 Å². The molecule has 1 N–H and O–H groups in total. The lowest BCUT2D eigenvalue weighted by atomic mass is 10.1. The van der Waals surface area contributed by atoms with E-state index in [0.717, 1.165) is 24.7 Å². The van der Waals surface area contributed by atoms with E-state index in [9.17, 15) is 9.59 Å². The van der Waals surface area contributed by atoms with Crippen LogP contribution < -0.4 is 20.7 Å². The molecule has 7 nitrogen and oxygen atoms in total. The fourth-order valence-electron chi connectivity index (χ4n) is 3.70. The van der Waals surface area contributed by atoms with E-state index in [-0.39, 0.29) is 11.2 Å². The smallest absolute Gasteiger partial charge is 0.267 e. The van der Waals surface area contributed by atoms with E-state index in [0.29, 0.717) is 28.6 Å². The van der Waals surface area contributed by atoms with Crippen LogP contribution in [-0.4, -0.2) is 20.7 Å². The van der Waals surface area contributed by atoms with Gasteiger partial charge in [-0.15, -0.1) is 0 Å². The molecule has 0 aliphatic carbocycles. The SMILES string of the molecule is CCn1c(=O)c2c([nH]c3[n+]2C[C@H](C)CN3c2ccc(Cl)cc2)n(C)c1=O. The highest BCUT2D eigenvalue weighted by molar-refractivity contribution is 6.30. The maximum absolute atomic E-state index is 12.9. The Kier molecular flexibility index (Phi) is 3.91. The van der Waals surface area contributed by atoms with Crippen molar-refractivity contribution in [2.24, 2.45) is 13.0 Å². The average Bonchev–Trinajstić information content (AvgIpc) is 3.00. The molecule has 136 valence electrons. The minimum atomic E-state index is -0.310. The van der Waals surface area contributed by atoms with E-state index in [4.69, 9.17) is 11.6 Å². The molecule has 1 atom stereocenters. The third kappa shape index (κ3) is 2.38. The van der Waals surface area contributed by atoms with Crippen LogP contribution in [0.5, 0.6) is 0 Å². The normalized spacial score (nSPS) is 16.9. The van der Waals surface area contributed by atoms with Gasteiger partial charge in [0.15, 0.2) is 0 Å². The van der Waals surface area contributed by atoms with Crippen molar-refractivity contribution in [1.29, 1.82) is 0 Å². The number of anilines is 2. The van der Waals surface area contributed by atoms with Crippen molar-refractivity contribution in [3.63, 3.8) is 0 Å². The second kappa shape index (κ2) is 6.02. The quantitative estimate of drug-likeness (QED) is 0.695. The first kappa shape index (κ1) is 16.9. The van der Waals surface area contributed by atoms with Crippen LogP contribution in [-0.2, 0) is 20.1 Å². The van der Waals surface area contributed by atoms with Gasteiger partial charge in [0.1, 0.15) is 5.69 Å². The molecule has 0 amide bonds. The van der Waals surface area contributed by atoms with Crippen LogP contribution in [0.15, 0.2) is 33.9 Å². The molecule has 26 heavy (non-hydrogen) atoms. The lowest BCUT2D eigenvalue weighted by Gasteiger charge is -2.26. The van der Waals surface area contributed by atoms with Crippen LogP contribution in [0.4, 0.5) is 11.6 Å². The van der Waals surface area contributed by atoms with Gasteiger partial charge in [-0.25, -0.2) is 19.2 Å². The lowest BCUT2D eigenvalue weighted by molar-refractivity contribution is -0.669. The minimum Gasteiger partial charge on any atom is -0.267 e. The maximum atomic E-state index is 12.9.